The van der Waals surface area contributed by atoms with Crippen molar-refractivity contribution in [2.45, 2.75) is 51.6 Å². The molecule has 0 heterocycles. The monoisotopic (exact) mass is 262 g/mol. The lowest BCUT2D eigenvalue weighted by Gasteiger charge is -2.04. The number of carbonyl (C=O) groups excluding carboxylic acids is 2. The summed E-state index contributed by atoms with van der Waals surface area (Å²) in [5.41, 5.74) is 1.02. The highest BCUT2D eigenvalue weighted by molar-refractivity contribution is 5.69. The van der Waals surface area contributed by atoms with E-state index in [0.717, 1.165) is 44.0 Å². The minimum atomic E-state index is -0.128. The Hall–Kier alpha value is -1.64. The van der Waals surface area contributed by atoms with E-state index < -0.39 is 0 Å². The van der Waals surface area contributed by atoms with Crippen molar-refractivity contribution >= 4 is 12.3 Å². The number of hydrogen-bond acceptors (Lipinski definition) is 3. The molecule has 0 amide bonds. The molecule has 0 fully saturated rings. The molecule has 3 nitrogen and oxygen atoms in total. The third-order valence-corrected chi connectivity index (χ3v) is 2.95. The van der Waals surface area contributed by atoms with E-state index in [1.54, 1.807) is 0 Å². The molecular weight excluding hydrogens is 240 g/mol. The van der Waals surface area contributed by atoms with E-state index in [0.29, 0.717) is 19.4 Å². The summed E-state index contributed by atoms with van der Waals surface area (Å²) in [6.07, 6.45) is 7.11. The molecule has 0 saturated heterocycles. The molecule has 104 valence electrons. The second-order valence-corrected chi connectivity index (χ2v) is 4.62. The lowest BCUT2D eigenvalue weighted by atomic mass is 10.1. The predicted octanol–water partition coefficient (Wildman–Crippen LogP) is 3.66. The van der Waals surface area contributed by atoms with Crippen molar-refractivity contribution in [1.29, 1.82) is 0 Å². The molecule has 0 unspecified atom stereocenters. The molecule has 1 aromatic carbocycles. The Bertz CT molecular complexity index is 360. The largest absolute Gasteiger partial charge is 0.461 e. The lowest BCUT2D eigenvalue weighted by Crippen LogP contribution is -2.04. The maximum atomic E-state index is 11.5. The number of benzene rings is 1. The van der Waals surface area contributed by atoms with Gasteiger partial charge in [-0.05, 0) is 18.4 Å². The van der Waals surface area contributed by atoms with Gasteiger partial charge < -0.3 is 9.53 Å². The van der Waals surface area contributed by atoms with Crippen LogP contribution >= 0.6 is 0 Å². The molecule has 0 N–H and O–H groups in total. The van der Waals surface area contributed by atoms with E-state index in [2.05, 4.69) is 0 Å². The van der Waals surface area contributed by atoms with E-state index in [1.807, 2.05) is 30.3 Å². The van der Waals surface area contributed by atoms with Gasteiger partial charge in [-0.3, -0.25) is 4.79 Å². The highest BCUT2D eigenvalue weighted by atomic mass is 16.5. The second kappa shape index (κ2) is 10.3. The Kier molecular flexibility index (Phi) is 8.36. The van der Waals surface area contributed by atoms with Crippen molar-refractivity contribution in [3.05, 3.63) is 35.9 Å². The normalized spacial score (nSPS) is 10.1. The van der Waals surface area contributed by atoms with Crippen LogP contribution in [0, 0.1) is 0 Å². The number of rotatable bonds is 10. The average Bonchev–Trinajstić information content (AvgIpc) is 2.45. The van der Waals surface area contributed by atoms with Crippen LogP contribution in [0.15, 0.2) is 30.3 Å². The van der Waals surface area contributed by atoms with Crippen LogP contribution in [0.2, 0.25) is 0 Å². The molecule has 0 aromatic heterocycles. The first kappa shape index (κ1) is 15.4. The molecule has 3 heteroatoms. The summed E-state index contributed by atoms with van der Waals surface area (Å²) in [7, 11) is 0. The Morgan fingerprint density at radius 3 is 2.42 bits per heavy atom. The molecule has 0 aliphatic carbocycles. The van der Waals surface area contributed by atoms with E-state index in [1.165, 1.54) is 0 Å². The number of aldehydes is 1. The van der Waals surface area contributed by atoms with Crippen LogP contribution in [0.5, 0.6) is 0 Å². The molecule has 1 rings (SSSR count). The van der Waals surface area contributed by atoms with Crippen molar-refractivity contribution in [3.63, 3.8) is 0 Å². The molecule has 19 heavy (non-hydrogen) atoms. The molecule has 0 atom stereocenters. The average molecular weight is 262 g/mol. The summed E-state index contributed by atoms with van der Waals surface area (Å²) in [5.74, 6) is -0.128. The third-order valence-electron chi connectivity index (χ3n) is 2.95. The Morgan fingerprint density at radius 2 is 1.68 bits per heavy atom. The van der Waals surface area contributed by atoms with Gasteiger partial charge in [0.2, 0.25) is 0 Å². The summed E-state index contributed by atoms with van der Waals surface area (Å²) < 4.78 is 5.19. The number of carbonyl (C=O) groups is 2. The van der Waals surface area contributed by atoms with Gasteiger partial charge in [0.05, 0.1) is 0 Å². The smallest absolute Gasteiger partial charge is 0.306 e. The number of hydrogen-bond donors (Lipinski definition) is 0. The zero-order valence-electron chi connectivity index (χ0n) is 11.3. The van der Waals surface area contributed by atoms with Gasteiger partial charge in [-0.25, -0.2) is 0 Å². The van der Waals surface area contributed by atoms with Crippen LogP contribution in [0.25, 0.3) is 0 Å². The van der Waals surface area contributed by atoms with Crippen LogP contribution in [-0.2, 0) is 20.9 Å². The van der Waals surface area contributed by atoms with Crippen molar-refractivity contribution < 1.29 is 14.3 Å². The number of ether oxygens (including phenoxy) is 1. The van der Waals surface area contributed by atoms with Gasteiger partial charge in [-0.1, -0.05) is 49.6 Å². The molecule has 0 spiro atoms. The minimum Gasteiger partial charge on any atom is -0.461 e. The van der Waals surface area contributed by atoms with Gasteiger partial charge in [0.15, 0.2) is 0 Å². The number of esters is 1. The maximum absolute atomic E-state index is 11.5. The molecule has 1 aromatic rings. The van der Waals surface area contributed by atoms with Crippen molar-refractivity contribution in [3.8, 4) is 0 Å². The highest BCUT2D eigenvalue weighted by Crippen LogP contribution is 2.08. The molecule has 0 bridgehead atoms. The molecule has 0 aliphatic heterocycles. The zero-order chi connectivity index (χ0) is 13.8. The first-order valence-electron chi connectivity index (χ1n) is 6.96. The summed E-state index contributed by atoms with van der Waals surface area (Å²) >= 11 is 0. The van der Waals surface area contributed by atoms with Gasteiger partial charge >= 0.3 is 5.97 Å². The van der Waals surface area contributed by atoms with Crippen LogP contribution < -0.4 is 0 Å². The molecule has 0 aliphatic rings. The van der Waals surface area contributed by atoms with E-state index in [9.17, 15) is 9.59 Å². The lowest BCUT2D eigenvalue weighted by molar-refractivity contribution is -0.145. The fourth-order valence-electron chi connectivity index (χ4n) is 1.84. The van der Waals surface area contributed by atoms with Gasteiger partial charge in [0.1, 0.15) is 12.9 Å². The van der Waals surface area contributed by atoms with Crippen molar-refractivity contribution in [1.82, 2.24) is 0 Å². The first-order valence-corrected chi connectivity index (χ1v) is 6.96. The van der Waals surface area contributed by atoms with Gasteiger partial charge in [-0.2, -0.15) is 0 Å². The van der Waals surface area contributed by atoms with Gasteiger partial charge in [0.25, 0.3) is 0 Å². The van der Waals surface area contributed by atoms with Crippen LogP contribution in [0.4, 0.5) is 0 Å². The summed E-state index contributed by atoms with van der Waals surface area (Å²) in [6.45, 7) is 0.360. The third kappa shape index (κ3) is 8.14. The fraction of sp³-hybridized carbons (Fsp3) is 0.500. The van der Waals surface area contributed by atoms with E-state index >= 15 is 0 Å². The van der Waals surface area contributed by atoms with E-state index in [4.69, 9.17) is 4.74 Å². The standard InChI is InChI=1S/C16H22O3/c17-13-9-4-2-1-3-8-12-16(18)19-14-15-10-6-5-7-11-15/h5-7,10-11,13H,1-4,8-9,12,14H2. The summed E-state index contributed by atoms with van der Waals surface area (Å²) in [5, 5.41) is 0. The summed E-state index contributed by atoms with van der Waals surface area (Å²) in [6, 6.07) is 9.70. The quantitative estimate of drug-likeness (QED) is 0.367. The van der Waals surface area contributed by atoms with E-state index in [-0.39, 0.29) is 5.97 Å². The zero-order valence-corrected chi connectivity index (χ0v) is 11.3. The first-order chi connectivity index (χ1) is 9.33. The van der Waals surface area contributed by atoms with Crippen LogP contribution in [0.1, 0.15) is 50.5 Å². The van der Waals surface area contributed by atoms with Crippen molar-refractivity contribution in [2.75, 3.05) is 0 Å². The number of unbranched alkanes of at least 4 members (excludes halogenated alkanes) is 5. The highest BCUT2D eigenvalue weighted by Gasteiger charge is 2.02. The van der Waals surface area contributed by atoms with Gasteiger partial charge in [-0.15, -0.1) is 0 Å². The van der Waals surface area contributed by atoms with Crippen LogP contribution in [-0.4, -0.2) is 12.3 Å². The summed E-state index contributed by atoms with van der Waals surface area (Å²) in [4.78, 5) is 21.6. The second-order valence-electron chi connectivity index (χ2n) is 4.62. The predicted molar refractivity (Wildman–Crippen MR) is 74.6 cm³/mol. The Balaban J connectivity index is 1.98. The SMILES string of the molecule is O=CCCCCCCCC(=O)OCc1ccccc1. The molecular formula is C16H22O3. The van der Waals surface area contributed by atoms with Gasteiger partial charge in [0, 0.05) is 12.8 Å². The fourth-order valence-corrected chi connectivity index (χ4v) is 1.84. The molecule has 0 radical (unpaired) electrons. The van der Waals surface area contributed by atoms with Crippen LogP contribution in [0.3, 0.4) is 0 Å². The van der Waals surface area contributed by atoms with Crippen molar-refractivity contribution in [2.24, 2.45) is 0 Å². The Labute approximate surface area is 115 Å². The Morgan fingerprint density at radius 1 is 1.00 bits per heavy atom. The topological polar surface area (TPSA) is 43.4 Å². The molecule has 0 saturated carbocycles. The minimum absolute atomic E-state index is 0.128. The maximum Gasteiger partial charge on any atom is 0.306 e.